The maximum Gasteiger partial charge on any atom is 0.194 e. The molecule has 5 nitrogen and oxygen atoms in total. The summed E-state index contributed by atoms with van der Waals surface area (Å²) in [7, 11) is 0. The zero-order valence-corrected chi connectivity index (χ0v) is 15.9. The lowest BCUT2D eigenvalue weighted by molar-refractivity contribution is 0.246. The van der Waals surface area contributed by atoms with Gasteiger partial charge in [0, 0.05) is 54.0 Å². The van der Waals surface area contributed by atoms with E-state index in [-0.39, 0.29) is 35.8 Å². The molecular formula is C15H20Cl3N3O2S. The first-order valence-electron chi connectivity index (χ1n) is 6.70. The smallest absolute Gasteiger partial charge is 0.194 e. The second kappa shape index (κ2) is 9.58. The van der Waals surface area contributed by atoms with Gasteiger partial charge in [0.1, 0.15) is 0 Å². The van der Waals surface area contributed by atoms with Crippen molar-refractivity contribution in [3.63, 3.8) is 0 Å². The van der Waals surface area contributed by atoms with Crippen LogP contribution >= 0.6 is 47.8 Å². The number of fused-ring (bicyclic) bond motifs is 3. The first-order chi connectivity index (χ1) is 9.81. The van der Waals surface area contributed by atoms with Crippen molar-refractivity contribution in [3.8, 4) is 0 Å². The van der Waals surface area contributed by atoms with Crippen molar-refractivity contribution >= 4 is 52.7 Å². The summed E-state index contributed by atoms with van der Waals surface area (Å²) in [6, 6.07) is 8.11. The maximum absolute atomic E-state index is 6.25. The van der Waals surface area contributed by atoms with Gasteiger partial charge in [-0.3, -0.25) is 9.30 Å². The Bertz CT molecular complexity index is 778. The van der Waals surface area contributed by atoms with Crippen LogP contribution in [0.5, 0.6) is 0 Å². The summed E-state index contributed by atoms with van der Waals surface area (Å²) in [6.07, 6.45) is 5.02. The summed E-state index contributed by atoms with van der Waals surface area (Å²) in [5.41, 5.74) is 2.64. The Morgan fingerprint density at radius 1 is 1.17 bits per heavy atom. The number of hydrogen-bond donors (Lipinski definition) is 0. The van der Waals surface area contributed by atoms with E-state index in [0.717, 1.165) is 36.0 Å². The number of benzene rings is 1. The van der Waals surface area contributed by atoms with Crippen LogP contribution in [-0.2, 0) is 19.5 Å². The van der Waals surface area contributed by atoms with E-state index in [1.807, 2.05) is 18.3 Å². The molecule has 1 aromatic carbocycles. The van der Waals surface area contributed by atoms with Gasteiger partial charge in [-0.15, -0.1) is 24.8 Å². The van der Waals surface area contributed by atoms with Crippen LogP contribution in [0.15, 0.2) is 36.7 Å². The molecule has 2 aromatic heterocycles. The highest BCUT2D eigenvalue weighted by molar-refractivity contribution is 7.17. The van der Waals surface area contributed by atoms with Crippen LogP contribution in [0.2, 0.25) is 5.02 Å². The zero-order valence-electron chi connectivity index (χ0n) is 12.7. The number of imidazole rings is 1. The summed E-state index contributed by atoms with van der Waals surface area (Å²) in [6.45, 7) is 2.98. The standard InChI is InChI=1S/C15H14ClN3S.2ClH.2H2O/c16-12-4-2-1-3-11(12)9-18-7-5-13-14(10-18)20-15-17-6-8-19(13)15;;;;/h1-4,6,8H,5,7,9-10H2;2*1H;2*1H2. The Kier molecular flexibility index (Phi) is 9.24. The van der Waals surface area contributed by atoms with E-state index in [0.29, 0.717) is 0 Å². The number of hydrogen-bond acceptors (Lipinski definition) is 3. The highest BCUT2D eigenvalue weighted by Gasteiger charge is 2.21. The van der Waals surface area contributed by atoms with Crippen LogP contribution < -0.4 is 0 Å². The molecule has 0 saturated carbocycles. The Labute approximate surface area is 161 Å². The van der Waals surface area contributed by atoms with E-state index in [1.165, 1.54) is 16.1 Å². The van der Waals surface area contributed by atoms with E-state index >= 15 is 0 Å². The molecule has 0 radical (unpaired) electrons. The van der Waals surface area contributed by atoms with Gasteiger partial charge in [0.05, 0.1) is 0 Å². The lowest BCUT2D eigenvalue weighted by Gasteiger charge is -2.26. The predicted octanol–water partition coefficient (Wildman–Crippen LogP) is 2.80. The highest BCUT2D eigenvalue weighted by Crippen LogP contribution is 2.29. The van der Waals surface area contributed by atoms with Crippen LogP contribution in [0.25, 0.3) is 4.96 Å². The molecule has 134 valence electrons. The molecule has 24 heavy (non-hydrogen) atoms. The van der Waals surface area contributed by atoms with E-state index in [4.69, 9.17) is 11.6 Å². The third kappa shape index (κ3) is 4.21. The molecule has 0 saturated heterocycles. The van der Waals surface area contributed by atoms with Crippen LogP contribution in [-0.4, -0.2) is 31.8 Å². The molecule has 0 fully saturated rings. The van der Waals surface area contributed by atoms with Gasteiger partial charge in [0.25, 0.3) is 0 Å². The van der Waals surface area contributed by atoms with Gasteiger partial charge in [-0.2, -0.15) is 0 Å². The molecule has 1 aliphatic heterocycles. The van der Waals surface area contributed by atoms with Crippen LogP contribution in [0.3, 0.4) is 0 Å². The average Bonchev–Trinajstić information content (AvgIpc) is 3.01. The van der Waals surface area contributed by atoms with Crippen LogP contribution in [0.1, 0.15) is 16.1 Å². The third-order valence-electron chi connectivity index (χ3n) is 3.82. The van der Waals surface area contributed by atoms with Crippen molar-refractivity contribution in [2.45, 2.75) is 19.5 Å². The van der Waals surface area contributed by atoms with E-state index in [1.54, 1.807) is 11.3 Å². The topological polar surface area (TPSA) is 83.5 Å². The fraction of sp³-hybridized carbons (Fsp3) is 0.267. The molecule has 4 rings (SSSR count). The quantitative estimate of drug-likeness (QED) is 0.648. The molecule has 1 aliphatic rings. The van der Waals surface area contributed by atoms with Gasteiger partial charge in [0.2, 0.25) is 0 Å². The molecule has 0 atom stereocenters. The molecule has 9 heteroatoms. The van der Waals surface area contributed by atoms with Gasteiger partial charge in [-0.25, -0.2) is 4.98 Å². The van der Waals surface area contributed by atoms with Crippen molar-refractivity contribution in [1.29, 1.82) is 0 Å². The summed E-state index contributed by atoms with van der Waals surface area (Å²) in [4.78, 5) is 9.39. The molecule has 4 N–H and O–H groups in total. The summed E-state index contributed by atoms with van der Waals surface area (Å²) >= 11 is 8.05. The van der Waals surface area contributed by atoms with Crippen LogP contribution in [0, 0.1) is 0 Å². The molecular weight excluding hydrogens is 393 g/mol. The highest BCUT2D eigenvalue weighted by atomic mass is 35.5. The number of rotatable bonds is 2. The zero-order chi connectivity index (χ0) is 13.5. The molecule has 0 bridgehead atoms. The lowest BCUT2D eigenvalue weighted by atomic mass is 10.1. The minimum atomic E-state index is 0. The Morgan fingerprint density at radius 2 is 1.92 bits per heavy atom. The average molecular weight is 413 g/mol. The largest absolute Gasteiger partial charge is 0.412 e. The fourth-order valence-electron chi connectivity index (χ4n) is 2.81. The summed E-state index contributed by atoms with van der Waals surface area (Å²) in [5.74, 6) is 0. The van der Waals surface area contributed by atoms with Gasteiger partial charge in [-0.1, -0.05) is 41.1 Å². The second-order valence-corrected chi connectivity index (χ2v) is 6.57. The third-order valence-corrected chi connectivity index (χ3v) is 5.28. The predicted molar refractivity (Wildman–Crippen MR) is 104 cm³/mol. The van der Waals surface area contributed by atoms with Gasteiger partial charge >= 0.3 is 0 Å². The van der Waals surface area contributed by atoms with Crippen molar-refractivity contribution in [1.82, 2.24) is 14.3 Å². The first kappa shape index (κ1) is 23.1. The van der Waals surface area contributed by atoms with Gasteiger partial charge < -0.3 is 11.0 Å². The molecule has 0 unspecified atom stereocenters. The minimum Gasteiger partial charge on any atom is -0.412 e. The fourth-order valence-corrected chi connectivity index (χ4v) is 4.17. The normalized spacial score (nSPS) is 13.0. The Balaban J connectivity index is 0.00000132. The molecule has 0 aliphatic carbocycles. The van der Waals surface area contributed by atoms with E-state index in [2.05, 4.69) is 32.6 Å². The first-order valence-corrected chi connectivity index (χ1v) is 7.90. The SMILES string of the molecule is Cl.Cl.Clc1ccccc1CN1CCc2c(sc3nccn23)C1.O.O. The Hall–Kier alpha value is -0.860. The molecule has 0 spiro atoms. The van der Waals surface area contributed by atoms with Crippen molar-refractivity contribution in [2.24, 2.45) is 0 Å². The number of nitrogens with zero attached hydrogens (tertiary/aromatic N) is 3. The maximum atomic E-state index is 6.25. The van der Waals surface area contributed by atoms with Crippen LogP contribution in [0.4, 0.5) is 0 Å². The van der Waals surface area contributed by atoms with E-state index < -0.39 is 0 Å². The summed E-state index contributed by atoms with van der Waals surface area (Å²) in [5, 5.41) is 0.860. The van der Waals surface area contributed by atoms with Gasteiger partial charge in [0.15, 0.2) is 4.96 Å². The van der Waals surface area contributed by atoms with Crippen molar-refractivity contribution in [3.05, 3.63) is 57.8 Å². The minimum absolute atomic E-state index is 0. The van der Waals surface area contributed by atoms with Crippen molar-refractivity contribution < 1.29 is 11.0 Å². The number of aromatic nitrogens is 2. The second-order valence-electron chi connectivity index (χ2n) is 5.10. The number of halogens is 3. The van der Waals surface area contributed by atoms with E-state index in [9.17, 15) is 0 Å². The summed E-state index contributed by atoms with van der Waals surface area (Å²) < 4.78 is 2.23. The monoisotopic (exact) mass is 411 g/mol. The van der Waals surface area contributed by atoms with Crippen molar-refractivity contribution in [2.75, 3.05) is 6.54 Å². The Morgan fingerprint density at radius 3 is 2.67 bits per heavy atom. The number of thiazole rings is 1. The molecule has 0 amide bonds. The lowest BCUT2D eigenvalue weighted by Crippen LogP contribution is -2.29. The molecule has 3 aromatic rings. The van der Waals surface area contributed by atoms with Gasteiger partial charge in [-0.05, 0) is 11.6 Å². The molecule has 3 heterocycles.